The van der Waals surface area contributed by atoms with E-state index in [1.54, 1.807) is 38.1 Å². The first-order valence-electron chi connectivity index (χ1n) is 9.85. The molecule has 6 nitrogen and oxygen atoms in total. The molecular weight excluding hydrogens is 455 g/mol. The van der Waals surface area contributed by atoms with Crippen LogP contribution in [0.15, 0.2) is 48.5 Å². The van der Waals surface area contributed by atoms with Gasteiger partial charge in [0.25, 0.3) is 5.91 Å². The Morgan fingerprint density at radius 2 is 1.68 bits per heavy atom. The van der Waals surface area contributed by atoms with Crippen molar-refractivity contribution < 1.29 is 18.4 Å². The molecule has 0 bridgehead atoms. The highest BCUT2D eigenvalue weighted by molar-refractivity contribution is 7.53. The van der Waals surface area contributed by atoms with Gasteiger partial charge in [-0.25, -0.2) is 4.98 Å². The van der Waals surface area contributed by atoms with Crippen LogP contribution in [0.1, 0.15) is 34.6 Å². The van der Waals surface area contributed by atoms with Crippen molar-refractivity contribution in [1.82, 2.24) is 4.98 Å². The molecule has 0 atom stereocenters. The minimum atomic E-state index is -3.19. The molecule has 1 amide bonds. The van der Waals surface area contributed by atoms with Crippen LogP contribution in [-0.4, -0.2) is 24.1 Å². The Bertz CT molecular complexity index is 1070. The van der Waals surface area contributed by atoms with E-state index in [2.05, 4.69) is 10.3 Å². The summed E-state index contributed by atoms with van der Waals surface area (Å²) in [7, 11) is -3.19. The van der Waals surface area contributed by atoms with Crippen LogP contribution in [0.2, 0.25) is 5.02 Å². The summed E-state index contributed by atoms with van der Waals surface area (Å²) < 4.78 is 23.3. The molecule has 9 heteroatoms. The molecule has 0 aliphatic carbocycles. The van der Waals surface area contributed by atoms with E-state index in [1.807, 2.05) is 31.2 Å². The minimum absolute atomic E-state index is 0.159. The van der Waals surface area contributed by atoms with E-state index in [-0.39, 0.29) is 12.1 Å². The maximum absolute atomic E-state index is 12.7. The molecule has 3 rings (SSSR count). The minimum Gasteiger partial charge on any atom is -0.309 e. The molecule has 0 radical (unpaired) electrons. The van der Waals surface area contributed by atoms with Gasteiger partial charge in [0.1, 0.15) is 0 Å². The van der Waals surface area contributed by atoms with Gasteiger partial charge in [-0.1, -0.05) is 35.9 Å². The molecule has 1 heterocycles. The van der Waals surface area contributed by atoms with Gasteiger partial charge in [-0.15, -0.1) is 11.3 Å². The Morgan fingerprint density at radius 1 is 1.06 bits per heavy atom. The van der Waals surface area contributed by atoms with Crippen LogP contribution in [0.4, 0.5) is 5.13 Å². The number of nitrogens with zero attached hydrogens (tertiary/aromatic N) is 1. The van der Waals surface area contributed by atoms with Crippen LogP contribution in [0.5, 0.6) is 0 Å². The van der Waals surface area contributed by atoms with Gasteiger partial charge in [0.2, 0.25) is 0 Å². The zero-order valence-electron chi connectivity index (χ0n) is 17.6. The molecular formula is C22H24ClN2O4PS. The quantitative estimate of drug-likeness (QED) is 0.342. The summed E-state index contributed by atoms with van der Waals surface area (Å²) in [5.41, 5.74) is 3.01. The van der Waals surface area contributed by atoms with Crippen molar-refractivity contribution in [2.75, 3.05) is 18.5 Å². The first-order chi connectivity index (χ1) is 14.8. The summed E-state index contributed by atoms with van der Waals surface area (Å²) in [5, 5.41) is 4.03. The summed E-state index contributed by atoms with van der Waals surface area (Å²) in [6.45, 7) is 6.13. The van der Waals surface area contributed by atoms with Gasteiger partial charge < -0.3 is 9.05 Å². The topological polar surface area (TPSA) is 77.5 Å². The molecule has 0 saturated heterocycles. The monoisotopic (exact) mass is 478 g/mol. The fraction of sp³-hybridized carbons (Fsp3) is 0.273. The Hall–Kier alpha value is -2.02. The number of rotatable bonds is 9. The van der Waals surface area contributed by atoms with Gasteiger partial charge in [0.05, 0.1) is 25.1 Å². The summed E-state index contributed by atoms with van der Waals surface area (Å²) in [5.74, 6) is -0.263. The summed E-state index contributed by atoms with van der Waals surface area (Å²) in [4.78, 5) is 18.2. The number of hydrogen-bond donors (Lipinski definition) is 1. The third-order valence-corrected chi connectivity index (χ3v) is 7.57. The molecule has 0 unspecified atom stereocenters. The maximum atomic E-state index is 12.7. The van der Waals surface area contributed by atoms with Crippen LogP contribution in [0.3, 0.4) is 0 Å². The van der Waals surface area contributed by atoms with Crippen molar-refractivity contribution in [2.24, 2.45) is 0 Å². The number of halogens is 1. The van der Waals surface area contributed by atoms with Gasteiger partial charge >= 0.3 is 7.60 Å². The Balaban J connectivity index is 1.69. The lowest BCUT2D eigenvalue weighted by atomic mass is 10.1. The molecule has 0 spiro atoms. The molecule has 2 aromatic carbocycles. The summed E-state index contributed by atoms with van der Waals surface area (Å²) >= 11 is 7.37. The van der Waals surface area contributed by atoms with Crippen LogP contribution in [0, 0.1) is 6.92 Å². The SMILES string of the molecule is CCOP(=O)(Cc1ccc(C(=O)Nc2nc(-c3ccc(Cl)cc3)c(C)s2)cc1)OCC. The van der Waals surface area contributed by atoms with E-state index in [1.165, 1.54) is 11.3 Å². The van der Waals surface area contributed by atoms with Gasteiger partial charge in [-0.2, -0.15) is 0 Å². The predicted molar refractivity (Wildman–Crippen MR) is 126 cm³/mol. The molecule has 3 aromatic rings. The molecule has 1 N–H and O–H groups in total. The Labute approximate surface area is 191 Å². The number of nitrogens with one attached hydrogen (secondary N) is 1. The lowest BCUT2D eigenvalue weighted by Gasteiger charge is -2.17. The molecule has 0 aliphatic heterocycles. The van der Waals surface area contributed by atoms with Crippen LogP contribution < -0.4 is 5.32 Å². The number of benzene rings is 2. The van der Waals surface area contributed by atoms with E-state index in [4.69, 9.17) is 20.6 Å². The second kappa shape index (κ2) is 10.5. The van der Waals surface area contributed by atoms with Crippen LogP contribution in [-0.2, 0) is 19.8 Å². The number of carbonyl (C=O) groups excluding carboxylic acids is 1. The fourth-order valence-corrected chi connectivity index (χ4v) is 5.66. The highest BCUT2D eigenvalue weighted by Gasteiger charge is 2.24. The number of aryl methyl sites for hydroxylation is 1. The molecule has 0 fully saturated rings. The van der Waals surface area contributed by atoms with Gasteiger partial charge in [0, 0.05) is 21.0 Å². The largest absolute Gasteiger partial charge is 0.335 e. The first kappa shape index (κ1) is 23.6. The highest BCUT2D eigenvalue weighted by Crippen LogP contribution is 2.51. The van der Waals surface area contributed by atoms with E-state index in [0.717, 1.165) is 21.7 Å². The lowest BCUT2D eigenvalue weighted by Crippen LogP contribution is -2.11. The van der Waals surface area contributed by atoms with Crippen molar-refractivity contribution in [3.05, 3.63) is 69.6 Å². The maximum Gasteiger partial charge on any atom is 0.335 e. The number of amides is 1. The second-order valence-corrected chi connectivity index (χ2v) is 10.4. The van der Waals surface area contributed by atoms with E-state index in [0.29, 0.717) is 28.9 Å². The van der Waals surface area contributed by atoms with Crippen LogP contribution in [0.25, 0.3) is 11.3 Å². The second-order valence-electron chi connectivity index (χ2n) is 6.69. The normalized spacial score (nSPS) is 11.5. The summed E-state index contributed by atoms with van der Waals surface area (Å²) in [6, 6.07) is 14.3. The first-order valence-corrected chi connectivity index (χ1v) is 12.8. The third kappa shape index (κ3) is 6.25. The lowest BCUT2D eigenvalue weighted by molar-refractivity contribution is 0.102. The van der Waals surface area contributed by atoms with Gasteiger partial charge in [0.15, 0.2) is 5.13 Å². The number of hydrogen-bond acceptors (Lipinski definition) is 6. The Kier molecular flexibility index (Phi) is 8.03. The third-order valence-electron chi connectivity index (χ3n) is 4.38. The van der Waals surface area contributed by atoms with Gasteiger partial charge in [-0.05, 0) is 50.6 Å². The average Bonchev–Trinajstić information content (AvgIpc) is 3.09. The number of aromatic nitrogens is 1. The van der Waals surface area contributed by atoms with E-state index >= 15 is 0 Å². The van der Waals surface area contributed by atoms with E-state index < -0.39 is 7.60 Å². The van der Waals surface area contributed by atoms with Crippen molar-refractivity contribution in [2.45, 2.75) is 26.9 Å². The Morgan fingerprint density at radius 3 is 2.26 bits per heavy atom. The molecule has 31 heavy (non-hydrogen) atoms. The van der Waals surface area contributed by atoms with E-state index in [9.17, 15) is 9.36 Å². The van der Waals surface area contributed by atoms with Gasteiger partial charge in [-0.3, -0.25) is 14.7 Å². The zero-order valence-corrected chi connectivity index (χ0v) is 20.0. The fourth-order valence-electron chi connectivity index (χ4n) is 3.00. The van der Waals surface area contributed by atoms with Crippen molar-refractivity contribution >= 4 is 41.6 Å². The molecule has 164 valence electrons. The number of anilines is 1. The number of thiazole rings is 1. The smallest absolute Gasteiger partial charge is 0.309 e. The number of carbonyl (C=O) groups is 1. The van der Waals surface area contributed by atoms with Crippen LogP contribution >= 0.6 is 30.5 Å². The highest BCUT2D eigenvalue weighted by atomic mass is 35.5. The average molecular weight is 479 g/mol. The molecule has 1 aromatic heterocycles. The van der Waals surface area contributed by atoms with Crippen molar-refractivity contribution in [3.63, 3.8) is 0 Å². The molecule has 0 saturated carbocycles. The van der Waals surface area contributed by atoms with Crippen molar-refractivity contribution in [1.29, 1.82) is 0 Å². The summed E-state index contributed by atoms with van der Waals surface area (Å²) in [6.07, 6.45) is 0.159. The standard InChI is InChI=1S/C22H24ClN2O4PS/c1-4-28-30(27,29-5-2)14-16-6-8-18(9-7-16)21(26)25-22-24-20(15(3)31-22)17-10-12-19(23)13-11-17/h6-13H,4-5,14H2,1-3H3,(H,24,25,26). The molecule has 0 aliphatic rings. The van der Waals surface area contributed by atoms with Crippen molar-refractivity contribution in [3.8, 4) is 11.3 Å². The predicted octanol–water partition coefficient (Wildman–Crippen LogP) is 6.79. The zero-order chi connectivity index (χ0) is 22.4.